The second-order valence-corrected chi connectivity index (χ2v) is 8.71. The Labute approximate surface area is 143 Å². The number of fused-ring (bicyclic) bond motifs is 2. The molecule has 2 aliphatic rings. The van der Waals surface area contributed by atoms with Crippen LogP contribution < -0.4 is 0 Å². The summed E-state index contributed by atoms with van der Waals surface area (Å²) in [7, 11) is 0. The highest BCUT2D eigenvalue weighted by atomic mass is 32.2. The minimum atomic E-state index is 0.540. The number of thioether (sulfide) groups is 2. The Morgan fingerprint density at radius 2 is 2.18 bits per heavy atom. The molecule has 0 N–H and O–H groups in total. The Hall–Kier alpha value is -0.910. The average molecular weight is 347 g/mol. The zero-order chi connectivity index (χ0) is 15.3. The smallest absolute Gasteiger partial charge is 0.168 e. The maximum absolute atomic E-state index is 4.66. The lowest BCUT2D eigenvalue weighted by molar-refractivity contribution is 0.642. The summed E-state index contributed by atoms with van der Waals surface area (Å²) in [6.07, 6.45) is 2.15. The fourth-order valence-corrected chi connectivity index (χ4v) is 6.06. The minimum Gasteiger partial charge on any atom is -0.317 e. The summed E-state index contributed by atoms with van der Waals surface area (Å²) in [5.41, 5.74) is 1.41. The van der Waals surface area contributed by atoms with Crippen molar-refractivity contribution < 1.29 is 0 Å². The summed E-state index contributed by atoms with van der Waals surface area (Å²) in [5, 5.41) is 2.58. The third-order valence-corrected chi connectivity index (χ3v) is 7.32. The summed E-state index contributed by atoms with van der Waals surface area (Å²) in [6.45, 7) is 6.52. The SMILES string of the molecule is CSc1cccc2sc(C3=C(C(C)C)SC4=NCCN43)cc12. The van der Waals surface area contributed by atoms with Crippen LogP contribution in [0, 0.1) is 5.92 Å². The van der Waals surface area contributed by atoms with Crippen LogP contribution in [0.3, 0.4) is 0 Å². The van der Waals surface area contributed by atoms with Crippen LogP contribution in [0.1, 0.15) is 18.7 Å². The van der Waals surface area contributed by atoms with Gasteiger partial charge in [-0.2, -0.15) is 0 Å². The van der Waals surface area contributed by atoms with Crippen molar-refractivity contribution in [2.24, 2.45) is 10.9 Å². The molecule has 0 saturated heterocycles. The Morgan fingerprint density at radius 1 is 1.32 bits per heavy atom. The van der Waals surface area contributed by atoms with Gasteiger partial charge in [-0.05, 0) is 30.4 Å². The molecule has 0 spiro atoms. The van der Waals surface area contributed by atoms with Crippen molar-refractivity contribution in [2.75, 3.05) is 19.3 Å². The van der Waals surface area contributed by atoms with E-state index in [0.717, 1.165) is 13.1 Å². The zero-order valence-corrected chi connectivity index (χ0v) is 15.4. The fraction of sp³-hybridized carbons (Fsp3) is 0.353. The summed E-state index contributed by atoms with van der Waals surface area (Å²) in [5.74, 6) is 0.540. The molecule has 1 aromatic carbocycles. The zero-order valence-electron chi connectivity index (χ0n) is 12.9. The van der Waals surface area contributed by atoms with E-state index in [1.165, 1.54) is 35.6 Å². The monoisotopic (exact) mass is 346 g/mol. The van der Waals surface area contributed by atoms with E-state index in [2.05, 4.69) is 54.3 Å². The number of benzene rings is 1. The molecule has 0 atom stereocenters. The quantitative estimate of drug-likeness (QED) is 0.695. The van der Waals surface area contributed by atoms with Crippen molar-refractivity contribution in [3.63, 3.8) is 0 Å². The van der Waals surface area contributed by atoms with Crippen molar-refractivity contribution >= 4 is 55.8 Å². The Morgan fingerprint density at radius 3 is 2.95 bits per heavy atom. The third kappa shape index (κ3) is 2.22. The number of rotatable bonds is 3. The predicted octanol–water partition coefficient (Wildman–Crippen LogP) is 5.37. The molecule has 4 rings (SSSR count). The second-order valence-electron chi connectivity index (χ2n) is 5.77. The van der Waals surface area contributed by atoms with Gasteiger partial charge in [0.15, 0.2) is 5.17 Å². The normalized spacial score (nSPS) is 17.8. The number of aliphatic imine (C=N–C) groups is 1. The molecule has 0 unspecified atom stereocenters. The largest absolute Gasteiger partial charge is 0.317 e. The standard InChI is InChI=1S/C17H18N2S3/c1-10(2)16-15(19-8-7-18-17(19)22-16)14-9-11-12(20-3)5-4-6-13(11)21-14/h4-6,9-10H,7-8H2,1-3H3. The summed E-state index contributed by atoms with van der Waals surface area (Å²) >= 11 is 5.61. The third-order valence-electron chi connectivity index (χ3n) is 4.01. The van der Waals surface area contributed by atoms with E-state index >= 15 is 0 Å². The van der Waals surface area contributed by atoms with Crippen molar-refractivity contribution in [1.29, 1.82) is 0 Å². The van der Waals surface area contributed by atoms with Gasteiger partial charge in [0.2, 0.25) is 0 Å². The van der Waals surface area contributed by atoms with Gasteiger partial charge >= 0.3 is 0 Å². The number of nitrogens with zero attached hydrogens (tertiary/aromatic N) is 2. The Balaban J connectivity index is 1.89. The lowest BCUT2D eigenvalue weighted by Gasteiger charge is -2.16. The van der Waals surface area contributed by atoms with E-state index in [1.54, 1.807) is 0 Å². The first-order chi connectivity index (χ1) is 10.7. The number of hydrogen-bond donors (Lipinski definition) is 0. The molecule has 2 nitrogen and oxygen atoms in total. The summed E-state index contributed by atoms with van der Waals surface area (Å²) < 4.78 is 1.38. The molecule has 5 heteroatoms. The Bertz CT molecular complexity index is 801. The van der Waals surface area contributed by atoms with E-state index < -0.39 is 0 Å². The molecule has 1 aromatic heterocycles. The van der Waals surface area contributed by atoms with Crippen LogP contribution in [-0.4, -0.2) is 29.4 Å². The van der Waals surface area contributed by atoms with Crippen LogP contribution in [0.4, 0.5) is 0 Å². The number of thiophene rings is 1. The molecule has 2 aliphatic heterocycles. The average Bonchev–Trinajstić information content (AvgIpc) is 3.18. The predicted molar refractivity (Wildman–Crippen MR) is 102 cm³/mol. The van der Waals surface area contributed by atoms with E-state index in [1.807, 2.05) is 34.9 Å². The van der Waals surface area contributed by atoms with Gasteiger partial charge in [-0.25, -0.2) is 0 Å². The van der Waals surface area contributed by atoms with E-state index in [0.29, 0.717) is 5.92 Å². The topological polar surface area (TPSA) is 15.6 Å². The van der Waals surface area contributed by atoms with Crippen LogP contribution in [0.2, 0.25) is 0 Å². The van der Waals surface area contributed by atoms with Crippen molar-refractivity contribution in [3.8, 4) is 0 Å². The highest BCUT2D eigenvalue weighted by Gasteiger charge is 2.34. The molecule has 0 radical (unpaired) electrons. The number of hydrogen-bond acceptors (Lipinski definition) is 5. The van der Waals surface area contributed by atoms with Crippen LogP contribution in [0.15, 0.2) is 39.1 Å². The van der Waals surface area contributed by atoms with Crippen molar-refractivity contribution in [3.05, 3.63) is 34.0 Å². The maximum Gasteiger partial charge on any atom is 0.168 e. The highest BCUT2D eigenvalue weighted by Crippen LogP contribution is 2.48. The first-order valence-electron chi connectivity index (χ1n) is 7.50. The fourth-order valence-electron chi connectivity index (χ4n) is 2.98. The highest BCUT2D eigenvalue weighted by molar-refractivity contribution is 8.17. The summed E-state index contributed by atoms with van der Waals surface area (Å²) in [4.78, 5) is 11.3. The molecular formula is C17H18N2S3. The van der Waals surface area contributed by atoms with E-state index in [-0.39, 0.29) is 0 Å². The molecule has 114 valence electrons. The van der Waals surface area contributed by atoms with Crippen LogP contribution in [0.5, 0.6) is 0 Å². The first kappa shape index (κ1) is 14.7. The molecule has 0 bridgehead atoms. The van der Waals surface area contributed by atoms with Crippen LogP contribution in [-0.2, 0) is 0 Å². The minimum absolute atomic E-state index is 0.540. The molecular weight excluding hydrogens is 328 g/mol. The molecule has 0 aliphatic carbocycles. The van der Waals surface area contributed by atoms with Gasteiger partial charge in [-0.1, -0.05) is 31.7 Å². The van der Waals surface area contributed by atoms with Gasteiger partial charge in [-0.15, -0.1) is 23.1 Å². The van der Waals surface area contributed by atoms with Gasteiger partial charge in [-0.3, -0.25) is 4.99 Å². The number of amidine groups is 1. The molecule has 0 amide bonds. The maximum atomic E-state index is 4.66. The lowest BCUT2D eigenvalue weighted by Crippen LogP contribution is -2.19. The van der Waals surface area contributed by atoms with Gasteiger partial charge in [0.25, 0.3) is 0 Å². The van der Waals surface area contributed by atoms with Crippen molar-refractivity contribution in [1.82, 2.24) is 4.90 Å². The van der Waals surface area contributed by atoms with E-state index in [9.17, 15) is 0 Å². The second kappa shape index (κ2) is 5.62. The number of allylic oxidation sites excluding steroid dienone is 1. The van der Waals surface area contributed by atoms with Crippen LogP contribution >= 0.6 is 34.9 Å². The van der Waals surface area contributed by atoms with Gasteiger partial charge in [0, 0.05) is 26.4 Å². The molecule has 0 saturated carbocycles. The van der Waals surface area contributed by atoms with E-state index in [4.69, 9.17) is 0 Å². The molecule has 3 heterocycles. The Kier molecular flexibility index (Phi) is 3.75. The van der Waals surface area contributed by atoms with Gasteiger partial charge in [0.1, 0.15) is 0 Å². The van der Waals surface area contributed by atoms with Crippen LogP contribution in [0.25, 0.3) is 15.8 Å². The molecule has 2 aromatic rings. The molecule has 22 heavy (non-hydrogen) atoms. The first-order valence-corrected chi connectivity index (χ1v) is 10.4. The van der Waals surface area contributed by atoms with Gasteiger partial charge < -0.3 is 4.90 Å². The van der Waals surface area contributed by atoms with Gasteiger partial charge in [0.05, 0.1) is 17.1 Å². The molecule has 0 fully saturated rings. The van der Waals surface area contributed by atoms with Crippen molar-refractivity contribution in [2.45, 2.75) is 18.7 Å². The summed E-state index contributed by atoms with van der Waals surface area (Å²) in [6, 6.07) is 9.00. The lowest BCUT2D eigenvalue weighted by atomic mass is 10.1.